The molecule has 1 aromatic heterocycles. The number of carbonyl (C=O) groups is 3. The number of carbonyl (C=O) groups excluding carboxylic acids is 3. The van der Waals surface area contributed by atoms with Crippen molar-refractivity contribution in [3.63, 3.8) is 0 Å². The van der Waals surface area contributed by atoms with Crippen molar-refractivity contribution in [1.29, 1.82) is 0 Å². The molecule has 6 nitrogen and oxygen atoms in total. The lowest BCUT2D eigenvalue weighted by atomic mass is 10.2. The van der Waals surface area contributed by atoms with Crippen molar-refractivity contribution in [2.45, 2.75) is 0 Å². The number of nitrogens with zero attached hydrogens (tertiary/aromatic N) is 1. The number of nitrogens with one attached hydrogen (secondary N) is 1. The first-order chi connectivity index (χ1) is 14.9. The van der Waals surface area contributed by atoms with Gasteiger partial charge < -0.3 is 9.73 Å². The average Bonchev–Trinajstić information content (AvgIpc) is 3.29. The van der Waals surface area contributed by atoms with Gasteiger partial charge in [-0.15, -0.1) is 0 Å². The minimum Gasteiger partial charge on any atom is -0.457 e. The highest BCUT2D eigenvalue weighted by molar-refractivity contribution is 8.18. The summed E-state index contributed by atoms with van der Waals surface area (Å²) in [5.41, 5.74) is 1.01. The van der Waals surface area contributed by atoms with E-state index in [0.29, 0.717) is 28.3 Å². The van der Waals surface area contributed by atoms with Crippen molar-refractivity contribution in [2.75, 3.05) is 11.9 Å². The van der Waals surface area contributed by atoms with Crippen LogP contribution in [-0.4, -0.2) is 28.5 Å². The van der Waals surface area contributed by atoms with Gasteiger partial charge in [0.05, 0.1) is 4.91 Å². The predicted octanol–water partition coefficient (Wildman–Crippen LogP) is 5.41. The highest BCUT2D eigenvalue weighted by Gasteiger charge is 2.36. The van der Waals surface area contributed by atoms with Gasteiger partial charge in [-0.3, -0.25) is 19.3 Å². The summed E-state index contributed by atoms with van der Waals surface area (Å²) < 4.78 is 19.0. The van der Waals surface area contributed by atoms with Gasteiger partial charge >= 0.3 is 0 Å². The largest absolute Gasteiger partial charge is 0.457 e. The molecule has 31 heavy (non-hydrogen) atoms. The molecule has 2 heterocycles. The van der Waals surface area contributed by atoms with E-state index in [1.807, 2.05) is 6.07 Å². The zero-order valence-corrected chi connectivity index (χ0v) is 17.4. The molecule has 1 saturated heterocycles. The van der Waals surface area contributed by atoms with Crippen LogP contribution in [-0.2, 0) is 9.59 Å². The zero-order valence-electron chi connectivity index (χ0n) is 15.8. The highest BCUT2D eigenvalue weighted by Crippen LogP contribution is 2.33. The Hall–Kier alpha value is -3.36. The number of thioether (sulfide) groups is 1. The minimum absolute atomic E-state index is 0.135. The summed E-state index contributed by atoms with van der Waals surface area (Å²) in [4.78, 5) is 38.0. The molecule has 1 N–H and O–H groups in total. The van der Waals surface area contributed by atoms with Crippen LogP contribution in [0.3, 0.4) is 0 Å². The van der Waals surface area contributed by atoms with Crippen LogP contribution in [0.2, 0.25) is 5.02 Å². The second kappa shape index (κ2) is 8.79. The van der Waals surface area contributed by atoms with E-state index in [2.05, 4.69) is 5.32 Å². The van der Waals surface area contributed by atoms with E-state index in [1.54, 1.807) is 30.3 Å². The fraction of sp³-hybridized carbons (Fsp3) is 0.0455. The van der Waals surface area contributed by atoms with Gasteiger partial charge in [0.1, 0.15) is 23.9 Å². The summed E-state index contributed by atoms with van der Waals surface area (Å²) in [6.45, 7) is -0.482. The Labute approximate surface area is 185 Å². The molecule has 2 aromatic carbocycles. The fourth-order valence-corrected chi connectivity index (χ4v) is 3.91. The van der Waals surface area contributed by atoms with Gasteiger partial charge in [0.25, 0.3) is 11.1 Å². The van der Waals surface area contributed by atoms with Crippen molar-refractivity contribution in [1.82, 2.24) is 4.90 Å². The summed E-state index contributed by atoms with van der Waals surface area (Å²) in [6.07, 6.45) is 1.45. The van der Waals surface area contributed by atoms with Crippen molar-refractivity contribution in [3.05, 3.63) is 82.2 Å². The van der Waals surface area contributed by atoms with Crippen LogP contribution in [0.5, 0.6) is 0 Å². The normalized spacial score (nSPS) is 15.0. The van der Waals surface area contributed by atoms with Crippen molar-refractivity contribution in [2.24, 2.45) is 0 Å². The maximum Gasteiger partial charge on any atom is 0.294 e. The number of hydrogen-bond donors (Lipinski definition) is 1. The molecule has 0 aliphatic carbocycles. The molecular weight excluding hydrogens is 443 g/mol. The van der Waals surface area contributed by atoms with Crippen LogP contribution in [0, 0.1) is 5.82 Å². The molecule has 0 unspecified atom stereocenters. The van der Waals surface area contributed by atoms with E-state index in [-0.39, 0.29) is 10.6 Å². The molecule has 0 bridgehead atoms. The average molecular weight is 457 g/mol. The molecule has 156 valence electrons. The molecule has 0 spiro atoms. The first kappa shape index (κ1) is 20.9. The number of hydrogen-bond acceptors (Lipinski definition) is 5. The Morgan fingerprint density at radius 1 is 1.13 bits per heavy atom. The summed E-state index contributed by atoms with van der Waals surface area (Å²) >= 11 is 6.71. The summed E-state index contributed by atoms with van der Waals surface area (Å²) in [7, 11) is 0. The molecule has 4 rings (SSSR count). The lowest BCUT2D eigenvalue weighted by Crippen LogP contribution is -2.36. The topological polar surface area (TPSA) is 79.6 Å². The Bertz CT molecular complexity index is 1220. The van der Waals surface area contributed by atoms with Crippen molar-refractivity contribution in [3.8, 4) is 11.3 Å². The molecule has 1 aliphatic heterocycles. The number of amides is 3. The number of benzene rings is 2. The number of anilines is 1. The summed E-state index contributed by atoms with van der Waals surface area (Å²) in [5, 5.41) is 2.44. The van der Waals surface area contributed by atoms with Crippen LogP contribution < -0.4 is 5.32 Å². The van der Waals surface area contributed by atoms with Gasteiger partial charge in [0, 0.05) is 22.3 Å². The van der Waals surface area contributed by atoms with Crippen molar-refractivity contribution >= 4 is 52.2 Å². The second-order valence-electron chi connectivity index (χ2n) is 6.54. The van der Waals surface area contributed by atoms with Gasteiger partial charge in [-0.05, 0) is 54.2 Å². The monoisotopic (exact) mass is 456 g/mol. The van der Waals surface area contributed by atoms with E-state index < -0.39 is 29.4 Å². The number of rotatable bonds is 5. The molecule has 0 radical (unpaired) electrons. The molecular formula is C22H14ClFN2O4S. The summed E-state index contributed by atoms with van der Waals surface area (Å²) in [5.74, 6) is -0.796. The molecule has 3 aromatic rings. The summed E-state index contributed by atoms with van der Waals surface area (Å²) in [6, 6.07) is 15.8. The van der Waals surface area contributed by atoms with Gasteiger partial charge in [-0.2, -0.15) is 0 Å². The Morgan fingerprint density at radius 2 is 1.94 bits per heavy atom. The van der Waals surface area contributed by atoms with Gasteiger partial charge in [-0.1, -0.05) is 29.8 Å². The number of halogens is 2. The SMILES string of the molecule is O=C(CN1C(=O)S/C(=C/c2ccc(-c3cccc(Cl)c3)o2)C1=O)Nc1cccc(F)c1. The molecule has 1 fully saturated rings. The molecule has 1 aliphatic rings. The maximum absolute atomic E-state index is 13.2. The first-order valence-corrected chi connectivity index (χ1v) is 10.2. The molecule has 0 saturated carbocycles. The smallest absolute Gasteiger partial charge is 0.294 e. The predicted molar refractivity (Wildman–Crippen MR) is 117 cm³/mol. The van der Waals surface area contributed by atoms with E-state index in [1.165, 1.54) is 24.3 Å². The highest BCUT2D eigenvalue weighted by atomic mass is 35.5. The fourth-order valence-electron chi connectivity index (χ4n) is 2.90. The van der Waals surface area contributed by atoms with Crippen LogP contribution >= 0.6 is 23.4 Å². The van der Waals surface area contributed by atoms with Crippen LogP contribution in [0.25, 0.3) is 17.4 Å². The third-order valence-corrected chi connectivity index (χ3v) is 5.44. The van der Waals surface area contributed by atoms with E-state index in [9.17, 15) is 18.8 Å². The lowest BCUT2D eigenvalue weighted by molar-refractivity contribution is -0.127. The Balaban J connectivity index is 1.45. The van der Waals surface area contributed by atoms with E-state index >= 15 is 0 Å². The lowest BCUT2D eigenvalue weighted by Gasteiger charge is -2.12. The second-order valence-corrected chi connectivity index (χ2v) is 7.97. The Kier molecular flexibility index (Phi) is 5.92. The zero-order chi connectivity index (χ0) is 22.0. The van der Waals surface area contributed by atoms with Crippen LogP contribution in [0.15, 0.2) is 70.0 Å². The van der Waals surface area contributed by atoms with Gasteiger partial charge in [0.2, 0.25) is 5.91 Å². The molecule has 3 amide bonds. The number of furan rings is 1. The van der Waals surface area contributed by atoms with Gasteiger partial charge in [-0.25, -0.2) is 4.39 Å². The Morgan fingerprint density at radius 3 is 2.71 bits per heavy atom. The first-order valence-electron chi connectivity index (χ1n) is 9.05. The molecule has 0 atom stereocenters. The standard InChI is InChI=1S/C22H14ClFN2O4S/c23-14-4-1-3-13(9-14)18-8-7-17(30-18)11-19-21(28)26(22(29)31-19)12-20(27)25-16-6-2-5-15(24)10-16/h1-11H,12H2,(H,25,27)/b19-11+. The quantitative estimate of drug-likeness (QED) is 0.519. The van der Waals surface area contributed by atoms with Crippen LogP contribution in [0.1, 0.15) is 5.76 Å². The third-order valence-electron chi connectivity index (χ3n) is 4.29. The third kappa shape index (κ3) is 4.87. The molecule has 9 heteroatoms. The van der Waals surface area contributed by atoms with Gasteiger partial charge in [0.15, 0.2) is 0 Å². The van der Waals surface area contributed by atoms with Crippen LogP contribution in [0.4, 0.5) is 14.9 Å². The maximum atomic E-state index is 13.2. The van der Waals surface area contributed by atoms with Crippen molar-refractivity contribution < 1.29 is 23.2 Å². The van der Waals surface area contributed by atoms with E-state index in [0.717, 1.165) is 16.5 Å². The minimum atomic E-state index is -0.615. The number of imide groups is 1. The van der Waals surface area contributed by atoms with E-state index in [4.69, 9.17) is 16.0 Å².